The Balaban J connectivity index is 1.50. The topological polar surface area (TPSA) is 78.9 Å². The first-order chi connectivity index (χ1) is 13.4. The van der Waals surface area contributed by atoms with Crippen LogP contribution in [-0.4, -0.2) is 78.7 Å². The van der Waals surface area contributed by atoms with Crippen LogP contribution in [0, 0.1) is 6.92 Å². The number of hydrogen-bond acceptors (Lipinski definition) is 6. The first-order valence-corrected chi connectivity index (χ1v) is 11.1. The summed E-state index contributed by atoms with van der Waals surface area (Å²) in [4.78, 5) is 2.13. The molecule has 152 valence electrons. The maximum Gasteiger partial charge on any atom is 0.282 e. The number of benzene rings is 1. The van der Waals surface area contributed by atoms with E-state index >= 15 is 0 Å². The minimum absolute atomic E-state index is 0.0889. The molecule has 1 aromatic heterocycles. The van der Waals surface area contributed by atoms with Crippen LogP contribution in [0.25, 0.3) is 10.8 Å². The Morgan fingerprint density at radius 2 is 1.54 bits per heavy atom. The zero-order valence-corrected chi connectivity index (χ0v) is 17.4. The summed E-state index contributed by atoms with van der Waals surface area (Å²) >= 11 is 0. The van der Waals surface area contributed by atoms with E-state index in [9.17, 15) is 8.42 Å². The van der Waals surface area contributed by atoms with E-state index in [4.69, 9.17) is 4.74 Å². The number of piperazine rings is 1. The average Bonchev–Trinajstić information content (AvgIpc) is 2.68. The minimum Gasteiger partial charge on any atom is -0.373 e. The number of fused-ring (bicyclic) bond motifs is 1. The molecule has 2 aliphatic rings. The van der Waals surface area contributed by atoms with Crippen molar-refractivity contribution in [2.45, 2.75) is 33.0 Å². The molecule has 0 radical (unpaired) electrons. The Kier molecular flexibility index (Phi) is 5.26. The van der Waals surface area contributed by atoms with E-state index in [-0.39, 0.29) is 12.2 Å². The van der Waals surface area contributed by atoms with Gasteiger partial charge in [-0.05, 0) is 20.8 Å². The van der Waals surface area contributed by atoms with Gasteiger partial charge in [-0.15, -0.1) is 5.10 Å². The van der Waals surface area contributed by atoms with E-state index in [0.29, 0.717) is 39.3 Å². The highest BCUT2D eigenvalue weighted by Crippen LogP contribution is 2.27. The number of anilines is 1. The van der Waals surface area contributed by atoms with Crippen LogP contribution < -0.4 is 4.90 Å². The van der Waals surface area contributed by atoms with Gasteiger partial charge in [0.1, 0.15) is 0 Å². The van der Waals surface area contributed by atoms with Crippen LogP contribution in [0.2, 0.25) is 0 Å². The van der Waals surface area contributed by atoms with Crippen LogP contribution in [0.3, 0.4) is 0 Å². The van der Waals surface area contributed by atoms with Gasteiger partial charge in [-0.1, -0.05) is 24.3 Å². The van der Waals surface area contributed by atoms with Crippen LogP contribution in [0.4, 0.5) is 5.82 Å². The molecule has 0 N–H and O–H groups in total. The largest absolute Gasteiger partial charge is 0.373 e. The van der Waals surface area contributed by atoms with Gasteiger partial charge in [0.25, 0.3) is 10.2 Å². The molecule has 2 atom stereocenters. The fraction of sp³-hybridized carbons (Fsp3) is 0.579. The molecule has 0 aliphatic carbocycles. The Labute approximate surface area is 166 Å². The quantitative estimate of drug-likeness (QED) is 0.768. The van der Waals surface area contributed by atoms with Crippen LogP contribution in [0.15, 0.2) is 24.3 Å². The first-order valence-electron chi connectivity index (χ1n) is 9.74. The summed E-state index contributed by atoms with van der Waals surface area (Å²) in [5.41, 5.74) is 0.899. The fourth-order valence-electron chi connectivity index (χ4n) is 4.07. The molecule has 4 rings (SSSR count). The number of ether oxygens (including phenoxy) is 1. The van der Waals surface area contributed by atoms with E-state index in [1.807, 2.05) is 45.0 Å². The van der Waals surface area contributed by atoms with E-state index in [0.717, 1.165) is 22.3 Å². The monoisotopic (exact) mass is 405 g/mol. The van der Waals surface area contributed by atoms with Crippen molar-refractivity contribution in [2.75, 3.05) is 44.2 Å². The maximum atomic E-state index is 13.1. The van der Waals surface area contributed by atoms with E-state index in [2.05, 4.69) is 15.1 Å². The number of aromatic nitrogens is 2. The normalized spacial score (nSPS) is 25.3. The third-order valence-corrected chi connectivity index (χ3v) is 7.40. The third kappa shape index (κ3) is 3.59. The molecule has 2 aliphatic heterocycles. The maximum absolute atomic E-state index is 13.1. The van der Waals surface area contributed by atoms with Gasteiger partial charge in [0, 0.05) is 50.0 Å². The van der Waals surface area contributed by atoms with Gasteiger partial charge in [0.05, 0.1) is 17.9 Å². The summed E-state index contributed by atoms with van der Waals surface area (Å²) < 4.78 is 35.0. The molecule has 0 saturated carbocycles. The van der Waals surface area contributed by atoms with Gasteiger partial charge in [-0.2, -0.15) is 22.1 Å². The molecule has 2 aromatic rings. The molecular weight excluding hydrogens is 378 g/mol. The van der Waals surface area contributed by atoms with Gasteiger partial charge in [-0.3, -0.25) is 0 Å². The van der Waals surface area contributed by atoms with Crippen molar-refractivity contribution in [1.82, 2.24) is 18.8 Å². The second-order valence-corrected chi connectivity index (χ2v) is 9.55. The van der Waals surface area contributed by atoms with Gasteiger partial charge in [-0.25, -0.2) is 0 Å². The summed E-state index contributed by atoms with van der Waals surface area (Å²) in [6, 6.07) is 8.08. The molecule has 28 heavy (non-hydrogen) atoms. The molecule has 2 fully saturated rings. The summed E-state index contributed by atoms with van der Waals surface area (Å²) in [6.07, 6.45) is -0.178. The Bertz CT molecular complexity index is 949. The SMILES string of the molecule is Cc1nnc(N2CCN(S(=O)(=O)N3CC(C)OC(C)C3)CC2)c2ccccc12. The fourth-order valence-corrected chi connectivity index (χ4v) is 5.82. The van der Waals surface area contributed by atoms with Crippen molar-refractivity contribution in [3.63, 3.8) is 0 Å². The highest BCUT2D eigenvalue weighted by Gasteiger charge is 2.37. The second-order valence-electron chi connectivity index (χ2n) is 7.62. The van der Waals surface area contributed by atoms with Crippen molar-refractivity contribution in [3.8, 4) is 0 Å². The lowest BCUT2D eigenvalue weighted by atomic mass is 10.1. The average molecular weight is 406 g/mol. The van der Waals surface area contributed by atoms with Crippen LogP contribution in [0.1, 0.15) is 19.5 Å². The molecular formula is C19H27N5O3S. The second kappa shape index (κ2) is 7.55. The Morgan fingerprint density at radius 1 is 0.929 bits per heavy atom. The molecule has 2 saturated heterocycles. The molecule has 2 unspecified atom stereocenters. The lowest BCUT2D eigenvalue weighted by molar-refractivity contribution is -0.0455. The molecule has 8 nitrogen and oxygen atoms in total. The van der Waals surface area contributed by atoms with Gasteiger partial charge >= 0.3 is 0 Å². The Morgan fingerprint density at radius 3 is 2.18 bits per heavy atom. The molecule has 1 aromatic carbocycles. The minimum atomic E-state index is -3.48. The summed E-state index contributed by atoms with van der Waals surface area (Å²) in [5, 5.41) is 10.8. The molecule has 3 heterocycles. The standard InChI is InChI=1S/C19H27N5O3S/c1-14-12-24(13-15(2)27-14)28(25,26)23-10-8-22(9-11-23)19-18-7-5-4-6-17(18)16(3)20-21-19/h4-7,14-15H,8-13H2,1-3H3. The number of morpholine rings is 1. The number of nitrogens with zero attached hydrogens (tertiary/aromatic N) is 5. The highest BCUT2D eigenvalue weighted by atomic mass is 32.2. The smallest absolute Gasteiger partial charge is 0.282 e. The van der Waals surface area contributed by atoms with Gasteiger partial charge < -0.3 is 9.64 Å². The summed E-state index contributed by atoms with van der Waals surface area (Å²) in [7, 11) is -3.48. The van der Waals surface area contributed by atoms with Crippen LogP contribution in [-0.2, 0) is 14.9 Å². The Hall–Kier alpha value is -1.81. The lowest BCUT2D eigenvalue weighted by Crippen LogP contribution is -2.57. The lowest BCUT2D eigenvalue weighted by Gasteiger charge is -2.40. The highest BCUT2D eigenvalue weighted by molar-refractivity contribution is 7.86. The number of hydrogen-bond donors (Lipinski definition) is 0. The molecule has 0 amide bonds. The zero-order chi connectivity index (χ0) is 19.9. The van der Waals surface area contributed by atoms with Gasteiger partial charge in [0.15, 0.2) is 5.82 Å². The molecule has 0 spiro atoms. The van der Waals surface area contributed by atoms with Crippen molar-refractivity contribution < 1.29 is 13.2 Å². The van der Waals surface area contributed by atoms with Crippen molar-refractivity contribution in [1.29, 1.82) is 0 Å². The van der Waals surface area contributed by atoms with Crippen LogP contribution >= 0.6 is 0 Å². The first kappa shape index (κ1) is 19.5. The number of aryl methyl sites for hydroxylation is 1. The van der Waals surface area contributed by atoms with E-state index in [1.165, 1.54) is 0 Å². The van der Waals surface area contributed by atoms with Crippen LogP contribution in [0.5, 0.6) is 0 Å². The molecule has 9 heteroatoms. The zero-order valence-electron chi connectivity index (χ0n) is 16.6. The predicted octanol–water partition coefficient (Wildman–Crippen LogP) is 1.41. The van der Waals surface area contributed by atoms with Crippen molar-refractivity contribution in [2.24, 2.45) is 0 Å². The van der Waals surface area contributed by atoms with Crippen molar-refractivity contribution >= 4 is 26.8 Å². The van der Waals surface area contributed by atoms with E-state index in [1.54, 1.807) is 8.61 Å². The van der Waals surface area contributed by atoms with Gasteiger partial charge in [0.2, 0.25) is 0 Å². The van der Waals surface area contributed by atoms with E-state index < -0.39 is 10.2 Å². The third-order valence-electron chi connectivity index (χ3n) is 5.43. The van der Waals surface area contributed by atoms with Crippen molar-refractivity contribution in [3.05, 3.63) is 30.0 Å². The summed E-state index contributed by atoms with van der Waals surface area (Å²) in [6.45, 7) is 8.65. The summed E-state index contributed by atoms with van der Waals surface area (Å²) in [5.74, 6) is 0.826. The number of rotatable bonds is 3. The predicted molar refractivity (Wildman–Crippen MR) is 109 cm³/mol. The molecule has 0 bridgehead atoms.